The van der Waals surface area contributed by atoms with Gasteiger partial charge in [0.05, 0.1) is 0 Å². The van der Waals surface area contributed by atoms with Gasteiger partial charge in [-0.15, -0.1) is 0 Å². The van der Waals surface area contributed by atoms with Crippen molar-refractivity contribution in [1.29, 1.82) is 0 Å². The van der Waals surface area contributed by atoms with Gasteiger partial charge in [-0.25, -0.2) is 0 Å². The Morgan fingerprint density at radius 1 is 1.50 bits per heavy atom. The minimum Gasteiger partial charge on any atom is -0.509 e. The Balaban J connectivity index is 3.73. The number of hydrogen-bond donors (Lipinski definition) is 2. The molecule has 0 aliphatic heterocycles. The van der Waals surface area contributed by atoms with Gasteiger partial charge in [-0.1, -0.05) is 0 Å². The molecule has 0 aliphatic rings. The van der Waals surface area contributed by atoms with Crippen molar-refractivity contribution in [2.45, 2.75) is 6.92 Å². The molecule has 0 bridgehead atoms. The summed E-state index contributed by atoms with van der Waals surface area (Å²) in [6.07, 6.45) is 0. The van der Waals surface area contributed by atoms with E-state index < -0.39 is 0 Å². The van der Waals surface area contributed by atoms with Gasteiger partial charge in [0.2, 0.25) is 0 Å². The van der Waals surface area contributed by atoms with Crippen molar-refractivity contribution < 1.29 is 19.7 Å². The van der Waals surface area contributed by atoms with Gasteiger partial charge in [-0.05, 0) is 6.92 Å². The molecule has 0 aliphatic carbocycles. The van der Waals surface area contributed by atoms with Crippen molar-refractivity contribution in [1.82, 2.24) is 0 Å². The first-order chi connectivity index (χ1) is 4.72. The number of methoxy groups -OCH3 is 1. The second-order valence-corrected chi connectivity index (χ2v) is 1.72. The Morgan fingerprint density at radius 2 is 2.10 bits per heavy atom. The molecule has 0 atom stereocenters. The van der Waals surface area contributed by atoms with Crippen LogP contribution in [-0.4, -0.2) is 30.7 Å². The first-order valence-electron chi connectivity index (χ1n) is 2.83. The summed E-state index contributed by atoms with van der Waals surface area (Å²) in [7, 11) is 1.46. The van der Waals surface area contributed by atoms with E-state index in [1.54, 1.807) is 0 Å². The predicted octanol–water partition coefficient (Wildman–Crippen LogP) is 0.389. The molecule has 0 radical (unpaired) electrons. The molecule has 4 nitrogen and oxygen atoms in total. The maximum absolute atomic E-state index is 8.78. The van der Waals surface area contributed by atoms with E-state index >= 15 is 0 Å². The number of allylic oxidation sites excluding steroid dienone is 1. The van der Waals surface area contributed by atoms with Gasteiger partial charge < -0.3 is 19.7 Å². The highest BCUT2D eigenvalue weighted by Crippen LogP contribution is 2.00. The van der Waals surface area contributed by atoms with Crippen LogP contribution in [0.25, 0.3) is 0 Å². The number of hydrogen-bond acceptors (Lipinski definition) is 4. The van der Waals surface area contributed by atoms with Gasteiger partial charge in [-0.3, -0.25) is 0 Å². The molecule has 0 unspecified atom stereocenters. The first kappa shape index (κ1) is 9.26. The highest BCUT2D eigenvalue weighted by atomic mass is 16.7. The molecular weight excluding hydrogens is 136 g/mol. The molecule has 0 aromatic heterocycles. The average molecular weight is 148 g/mol. The molecule has 0 saturated heterocycles. The van der Waals surface area contributed by atoms with E-state index in [1.807, 2.05) is 0 Å². The van der Waals surface area contributed by atoms with Crippen molar-refractivity contribution >= 4 is 0 Å². The first-order valence-corrected chi connectivity index (χ1v) is 2.83. The second-order valence-electron chi connectivity index (χ2n) is 1.72. The molecule has 4 heteroatoms. The number of rotatable bonds is 4. The van der Waals surface area contributed by atoms with E-state index in [4.69, 9.17) is 14.9 Å². The molecule has 0 fully saturated rings. The van der Waals surface area contributed by atoms with Crippen molar-refractivity contribution in [3.05, 3.63) is 11.5 Å². The van der Waals surface area contributed by atoms with E-state index in [9.17, 15) is 0 Å². The summed E-state index contributed by atoms with van der Waals surface area (Å²) in [5.41, 5.74) is 0. The monoisotopic (exact) mass is 148 g/mol. The smallest absolute Gasteiger partial charge is 0.188 e. The van der Waals surface area contributed by atoms with Gasteiger partial charge in [0.15, 0.2) is 12.6 Å². The Hall–Kier alpha value is -0.740. The normalized spacial score (nSPS) is 12.7. The van der Waals surface area contributed by atoms with Gasteiger partial charge in [0.25, 0.3) is 0 Å². The van der Waals surface area contributed by atoms with Crippen LogP contribution in [0, 0.1) is 0 Å². The number of aliphatic hydroxyl groups is 2. The molecule has 0 aromatic rings. The zero-order valence-corrected chi connectivity index (χ0v) is 6.13. The highest BCUT2D eigenvalue weighted by Gasteiger charge is 1.99. The van der Waals surface area contributed by atoms with Gasteiger partial charge in [-0.2, -0.15) is 0 Å². The third-order valence-corrected chi connectivity index (χ3v) is 0.898. The Bertz CT molecular complexity index is 115. The molecule has 0 amide bonds. The van der Waals surface area contributed by atoms with E-state index in [-0.39, 0.29) is 24.9 Å². The molecule has 60 valence electrons. The summed E-state index contributed by atoms with van der Waals surface area (Å²) in [5, 5.41) is 17.3. The van der Waals surface area contributed by atoms with Crippen LogP contribution in [0.2, 0.25) is 0 Å². The molecule has 10 heavy (non-hydrogen) atoms. The maximum atomic E-state index is 8.78. The quantitative estimate of drug-likeness (QED) is 0.447. The van der Waals surface area contributed by atoms with Crippen LogP contribution in [0.5, 0.6) is 0 Å². The van der Waals surface area contributed by atoms with Crippen molar-refractivity contribution in [3.63, 3.8) is 0 Å². The summed E-state index contributed by atoms with van der Waals surface area (Å²) >= 11 is 0. The van der Waals surface area contributed by atoms with Gasteiger partial charge in [0, 0.05) is 7.11 Å². The average Bonchev–Trinajstić information content (AvgIpc) is 1.89. The van der Waals surface area contributed by atoms with E-state index in [2.05, 4.69) is 4.74 Å². The molecule has 0 heterocycles. The summed E-state index contributed by atoms with van der Waals surface area (Å²) in [5.74, 6) is 0.112. The molecule has 0 spiro atoms. The summed E-state index contributed by atoms with van der Waals surface area (Å²) in [6, 6.07) is 0. The molecule has 2 N–H and O–H groups in total. The lowest BCUT2D eigenvalue weighted by molar-refractivity contribution is -0.00965. The summed E-state index contributed by atoms with van der Waals surface area (Å²) < 4.78 is 9.30. The van der Waals surface area contributed by atoms with Crippen LogP contribution in [-0.2, 0) is 9.47 Å². The summed E-state index contributed by atoms with van der Waals surface area (Å²) in [4.78, 5) is 0. The van der Waals surface area contributed by atoms with Crippen LogP contribution in [0.3, 0.4) is 0 Å². The van der Waals surface area contributed by atoms with Crippen LogP contribution in [0.1, 0.15) is 6.92 Å². The van der Waals surface area contributed by atoms with Gasteiger partial charge >= 0.3 is 0 Å². The minimum atomic E-state index is -0.314. The van der Waals surface area contributed by atoms with Crippen LogP contribution in [0.4, 0.5) is 0 Å². The molecular formula is C6H12O4. The number of aliphatic hydroxyl groups excluding tert-OH is 2. The van der Waals surface area contributed by atoms with Crippen molar-refractivity contribution in [2.75, 3.05) is 20.5 Å². The number of ether oxygens (including phenoxy) is 2. The Labute approximate surface area is 59.7 Å². The van der Waals surface area contributed by atoms with Crippen LogP contribution >= 0.6 is 0 Å². The fourth-order valence-electron chi connectivity index (χ4n) is 0.395. The Kier molecular flexibility index (Phi) is 4.70. The molecule has 0 rings (SSSR count). The Morgan fingerprint density at radius 3 is 2.40 bits per heavy atom. The lowest BCUT2D eigenvalue weighted by Gasteiger charge is -2.06. The zero-order valence-electron chi connectivity index (χ0n) is 6.13. The van der Waals surface area contributed by atoms with Gasteiger partial charge in [0.1, 0.15) is 12.4 Å². The van der Waals surface area contributed by atoms with Crippen molar-refractivity contribution in [3.8, 4) is 0 Å². The molecule has 0 aromatic carbocycles. The second kappa shape index (κ2) is 5.08. The summed E-state index contributed by atoms with van der Waals surface area (Å²) in [6.45, 7) is 1.15. The van der Waals surface area contributed by atoms with E-state index in [0.29, 0.717) is 0 Å². The van der Waals surface area contributed by atoms with E-state index in [0.717, 1.165) is 0 Å². The minimum absolute atomic E-state index is 0.0282. The zero-order chi connectivity index (χ0) is 7.98. The lowest BCUT2D eigenvalue weighted by Crippen LogP contribution is -2.03. The lowest BCUT2D eigenvalue weighted by atomic mass is 10.4. The molecule has 0 saturated carbocycles. The van der Waals surface area contributed by atoms with E-state index in [1.165, 1.54) is 14.0 Å². The largest absolute Gasteiger partial charge is 0.509 e. The topological polar surface area (TPSA) is 58.9 Å². The fraction of sp³-hybridized carbons (Fsp3) is 0.667. The predicted molar refractivity (Wildman–Crippen MR) is 35.4 cm³/mol. The highest BCUT2D eigenvalue weighted by molar-refractivity contribution is 4.96. The standard InChI is InChI=1S/C6H12O4/c1-5(8)6(3-7)10-4-9-2/h7-8H,3-4H2,1-2H3/b6-5-. The SMILES string of the molecule is COCO/C(CO)=C(/C)O. The maximum Gasteiger partial charge on any atom is 0.188 e. The third-order valence-electron chi connectivity index (χ3n) is 0.898. The third kappa shape index (κ3) is 3.32. The van der Waals surface area contributed by atoms with Crippen molar-refractivity contribution in [2.24, 2.45) is 0 Å². The van der Waals surface area contributed by atoms with Crippen LogP contribution < -0.4 is 0 Å². The fourth-order valence-corrected chi connectivity index (χ4v) is 0.395. The van der Waals surface area contributed by atoms with Crippen LogP contribution in [0.15, 0.2) is 11.5 Å².